The zero-order valence-corrected chi connectivity index (χ0v) is 15.9. The number of methoxy groups -OCH3 is 1. The van der Waals surface area contributed by atoms with Crippen LogP contribution in [0.1, 0.15) is 41.4 Å². The molecule has 4 rings (SSSR count). The number of rotatable bonds is 7. The Bertz CT molecular complexity index is 952. The second kappa shape index (κ2) is 7.47. The molecule has 2 aromatic carbocycles. The lowest BCUT2D eigenvalue weighted by molar-refractivity contribution is 0.0513. The fraction of sp³-hybridized carbons (Fsp3) is 0.348. The molecule has 140 valence electrons. The average Bonchev–Trinajstić information content (AvgIpc) is 3.46. The molecule has 0 spiro atoms. The quantitative estimate of drug-likeness (QED) is 0.565. The first-order chi connectivity index (χ1) is 13.2. The number of hydrogen-bond donors (Lipinski definition) is 0. The van der Waals surface area contributed by atoms with Crippen LogP contribution in [-0.2, 0) is 17.7 Å². The monoisotopic (exact) mass is 363 g/mol. The second-order valence-corrected chi connectivity index (χ2v) is 7.14. The van der Waals surface area contributed by atoms with Crippen molar-refractivity contribution in [2.24, 2.45) is 5.92 Å². The van der Waals surface area contributed by atoms with Gasteiger partial charge >= 0.3 is 5.97 Å². The molecular formula is C23H25NO3. The molecule has 27 heavy (non-hydrogen) atoms. The van der Waals surface area contributed by atoms with Crippen LogP contribution in [0.15, 0.2) is 48.5 Å². The Morgan fingerprint density at radius 3 is 2.52 bits per heavy atom. The van der Waals surface area contributed by atoms with Crippen LogP contribution in [0.3, 0.4) is 0 Å². The average molecular weight is 363 g/mol. The molecule has 4 nitrogen and oxygen atoms in total. The fourth-order valence-electron chi connectivity index (χ4n) is 3.68. The first-order valence-corrected chi connectivity index (χ1v) is 9.61. The van der Waals surface area contributed by atoms with E-state index in [-0.39, 0.29) is 5.97 Å². The van der Waals surface area contributed by atoms with E-state index in [1.54, 1.807) is 7.11 Å². The van der Waals surface area contributed by atoms with Gasteiger partial charge in [0.2, 0.25) is 0 Å². The van der Waals surface area contributed by atoms with Crippen molar-refractivity contribution in [3.63, 3.8) is 0 Å². The van der Waals surface area contributed by atoms with Crippen LogP contribution in [0, 0.1) is 5.92 Å². The van der Waals surface area contributed by atoms with Crippen molar-refractivity contribution in [1.29, 1.82) is 0 Å². The summed E-state index contributed by atoms with van der Waals surface area (Å²) < 4.78 is 12.9. The highest BCUT2D eigenvalue weighted by Gasteiger charge is 2.28. The van der Waals surface area contributed by atoms with Crippen molar-refractivity contribution >= 4 is 16.9 Å². The van der Waals surface area contributed by atoms with Crippen molar-refractivity contribution < 1.29 is 14.3 Å². The Morgan fingerprint density at radius 2 is 1.85 bits per heavy atom. The lowest BCUT2D eigenvalue weighted by Crippen LogP contribution is -2.15. The molecule has 4 heteroatoms. The number of hydrogen-bond acceptors (Lipinski definition) is 3. The van der Waals surface area contributed by atoms with Gasteiger partial charge in [-0.3, -0.25) is 0 Å². The highest BCUT2D eigenvalue weighted by atomic mass is 16.5. The zero-order chi connectivity index (χ0) is 18.8. The lowest BCUT2D eigenvalue weighted by atomic mass is 10.0. The molecule has 1 saturated carbocycles. The number of nitrogens with zero attached hydrogens (tertiary/aromatic N) is 1. The highest BCUT2D eigenvalue weighted by Crippen LogP contribution is 2.36. The number of benzene rings is 2. The van der Waals surface area contributed by atoms with Gasteiger partial charge in [-0.1, -0.05) is 30.3 Å². The number of para-hydroxylation sites is 1. The van der Waals surface area contributed by atoms with E-state index in [1.807, 2.05) is 31.2 Å². The molecule has 3 aromatic rings. The standard InChI is InChI=1S/C23H25NO3/c1-3-27-23(25)22-20(14-16-10-12-18(26-2)13-11-16)19-6-4-5-7-21(19)24(22)15-17-8-9-17/h4-7,10-13,17H,3,8-9,14-15H2,1-2H3. The maximum Gasteiger partial charge on any atom is 0.355 e. The molecule has 1 heterocycles. The molecule has 1 aliphatic rings. The molecule has 0 atom stereocenters. The van der Waals surface area contributed by atoms with Gasteiger partial charge in [0.05, 0.1) is 13.7 Å². The number of esters is 1. The Kier molecular flexibility index (Phi) is 4.88. The van der Waals surface area contributed by atoms with Crippen LogP contribution < -0.4 is 4.74 Å². The minimum atomic E-state index is -0.224. The summed E-state index contributed by atoms with van der Waals surface area (Å²) in [6, 6.07) is 16.3. The summed E-state index contributed by atoms with van der Waals surface area (Å²) in [5.74, 6) is 1.28. The number of carbonyl (C=O) groups excluding carboxylic acids is 1. The number of fused-ring (bicyclic) bond motifs is 1. The van der Waals surface area contributed by atoms with E-state index in [0.717, 1.165) is 34.3 Å². The SMILES string of the molecule is CCOC(=O)c1c(Cc2ccc(OC)cc2)c2ccccc2n1CC1CC1. The normalized spacial score (nSPS) is 13.7. The van der Waals surface area contributed by atoms with Gasteiger partial charge in [-0.2, -0.15) is 0 Å². The van der Waals surface area contributed by atoms with E-state index < -0.39 is 0 Å². The van der Waals surface area contributed by atoms with Crippen LogP contribution in [0.25, 0.3) is 10.9 Å². The molecule has 1 aliphatic carbocycles. The lowest BCUT2D eigenvalue weighted by Gasteiger charge is -2.11. The second-order valence-electron chi connectivity index (χ2n) is 7.14. The van der Waals surface area contributed by atoms with Crippen LogP contribution >= 0.6 is 0 Å². The fourth-order valence-corrected chi connectivity index (χ4v) is 3.68. The molecule has 1 aromatic heterocycles. The topological polar surface area (TPSA) is 40.5 Å². The predicted octanol–water partition coefficient (Wildman–Crippen LogP) is 4.83. The molecule has 0 amide bonds. The van der Waals surface area contributed by atoms with Gasteiger partial charge in [0.1, 0.15) is 11.4 Å². The molecule has 0 radical (unpaired) electrons. The van der Waals surface area contributed by atoms with Gasteiger partial charge in [0.15, 0.2) is 0 Å². The van der Waals surface area contributed by atoms with E-state index >= 15 is 0 Å². The Labute approximate surface area is 159 Å². The van der Waals surface area contributed by atoms with Crippen LogP contribution in [0.2, 0.25) is 0 Å². The van der Waals surface area contributed by atoms with E-state index in [4.69, 9.17) is 9.47 Å². The first kappa shape index (κ1) is 17.7. The molecule has 0 N–H and O–H groups in total. The summed E-state index contributed by atoms with van der Waals surface area (Å²) in [4.78, 5) is 12.9. The van der Waals surface area contributed by atoms with Crippen LogP contribution in [0.5, 0.6) is 5.75 Å². The number of aromatic nitrogens is 1. The largest absolute Gasteiger partial charge is 0.497 e. The Morgan fingerprint density at radius 1 is 1.11 bits per heavy atom. The maximum atomic E-state index is 12.9. The third-order valence-corrected chi connectivity index (χ3v) is 5.22. The summed E-state index contributed by atoms with van der Waals surface area (Å²) in [6.07, 6.45) is 3.17. The Balaban J connectivity index is 1.83. The molecular weight excluding hydrogens is 338 g/mol. The molecule has 0 unspecified atom stereocenters. The molecule has 0 bridgehead atoms. The number of ether oxygens (including phenoxy) is 2. The van der Waals surface area contributed by atoms with Gasteiger partial charge in [0, 0.05) is 23.9 Å². The Hall–Kier alpha value is -2.75. The van der Waals surface area contributed by atoms with Crippen molar-refractivity contribution in [3.05, 3.63) is 65.4 Å². The van der Waals surface area contributed by atoms with E-state index in [2.05, 4.69) is 28.8 Å². The number of carbonyl (C=O) groups is 1. The van der Waals surface area contributed by atoms with Crippen molar-refractivity contribution in [1.82, 2.24) is 4.57 Å². The molecule has 1 fully saturated rings. The van der Waals surface area contributed by atoms with Gasteiger partial charge in [0.25, 0.3) is 0 Å². The molecule has 0 saturated heterocycles. The highest BCUT2D eigenvalue weighted by molar-refractivity contribution is 5.99. The van der Waals surface area contributed by atoms with E-state index in [9.17, 15) is 4.79 Å². The minimum absolute atomic E-state index is 0.224. The van der Waals surface area contributed by atoms with Gasteiger partial charge in [-0.25, -0.2) is 4.79 Å². The van der Waals surface area contributed by atoms with E-state index in [1.165, 1.54) is 12.8 Å². The smallest absolute Gasteiger partial charge is 0.355 e. The summed E-state index contributed by atoms with van der Waals surface area (Å²) in [7, 11) is 1.67. The van der Waals surface area contributed by atoms with Crippen molar-refractivity contribution in [2.45, 2.75) is 32.7 Å². The predicted molar refractivity (Wildman–Crippen MR) is 106 cm³/mol. The minimum Gasteiger partial charge on any atom is -0.497 e. The van der Waals surface area contributed by atoms with E-state index in [0.29, 0.717) is 24.6 Å². The molecule has 0 aliphatic heterocycles. The summed E-state index contributed by atoms with van der Waals surface area (Å²) >= 11 is 0. The third kappa shape index (κ3) is 3.57. The summed E-state index contributed by atoms with van der Waals surface area (Å²) in [5, 5.41) is 1.14. The maximum absolute atomic E-state index is 12.9. The van der Waals surface area contributed by atoms with Crippen LogP contribution in [0.4, 0.5) is 0 Å². The van der Waals surface area contributed by atoms with Gasteiger partial charge < -0.3 is 14.0 Å². The van der Waals surface area contributed by atoms with Gasteiger partial charge in [-0.05, 0) is 55.0 Å². The third-order valence-electron chi connectivity index (χ3n) is 5.22. The zero-order valence-electron chi connectivity index (χ0n) is 15.9. The first-order valence-electron chi connectivity index (χ1n) is 9.61. The summed E-state index contributed by atoms with van der Waals surface area (Å²) in [6.45, 7) is 3.12. The van der Waals surface area contributed by atoms with Crippen molar-refractivity contribution in [3.8, 4) is 5.75 Å². The van der Waals surface area contributed by atoms with Crippen molar-refractivity contribution in [2.75, 3.05) is 13.7 Å². The summed E-state index contributed by atoms with van der Waals surface area (Å²) in [5.41, 5.74) is 4.03. The van der Waals surface area contributed by atoms with Gasteiger partial charge in [-0.15, -0.1) is 0 Å². The van der Waals surface area contributed by atoms with Crippen LogP contribution in [-0.4, -0.2) is 24.3 Å².